The van der Waals surface area contributed by atoms with Crippen LogP contribution in [0.4, 0.5) is 10.8 Å². The van der Waals surface area contributed by atoms with Crippen LogP contribution in [0.15, 0.2) is 18.5 Å². The summed E-state index contributed by atoms with van der Waals surface area (Å²) in [5.74, 6) is 1.03. The lowest BCUT2D eigenvalue weighted by Gasteiger charge is -2.07. The molecule has 0 spiro atoms. The van der Waals surface area contributed by atoms with Crippen LogP contribution in [0.1, 0.15) is 11.1 Å². The lowest BCUT2D eigenvalue weighted by atomic mass is 10.2. The third kappa shape index (κ3) is 2.47. The Hall–Kier alpha value is -1.82. The van der Waals surface area contributed by atoms with E-state index in [1.807, 2.05) is 12.3 Å². The normalized spacial score (nSPS) is 10.2. The SMILES string of the molecule is COc1c(N)nsc1NCc1cnccc1C. The van der Waals surface area contributed by atoms with Gasteiger partial charge >= 0.3 is 0 Å². The first kappa shape index (κ1) is 11.7. The van der Waals surface area contributed by atoms with Crippen molar-refractivity contribution >= 4 is 22.4 Å². The fourth-order valence-electron chi connectivity index (χ4n) is 1.46. The maximum Gasteiger partial charge on any atom is 0.197 e. The van der Waals surface area contributed by atoms with E-state index < -0.39 is 0 Å². The van der Waals surface area contributed by atoms with Gasteiger partial charge in [0.2, 0.25) is 0 Å². The molecule has 0 unspecified atom stereocenters. The van der Waals surface area contributed by atoms with Gasteiger partial charge in [0.1, 0.15) is 0 Å². The van der Waals surface area contributed by atoms with Crippen LogP contribution >= 0.6 is 11.5 Å². The van der Waals surface area contributed by atoms with Crippen molar-refractivity contribution in [3.63, 3.8) is 0 Å². The summed E-state index contributed by atoms with van der Waals surface area (Å²) >= 11 is 1.29. The molecular weight excluding hydrogens is 236 g/mol. The van der Waals surface area contributed by atoms with Gasteiger partial charge in [-0.1, -0.05) is 0 Å². The highest BCUT2D eigenvalue weighted by Crippen LogP contribution is 2.34. The molecule has 5 nitrogen and oxygen atoms in total. The van der Waals surface area contributed by atoms with Crippen LogP contribution in [0.3, 0.4) is 0 Å². The van der Waals surface area contributed by atoms with Crippen molar-refractivity contribution < 1.29 is 4.74 Å². The summed E-state index contributed by atoms with van der Waals surface area (Å²) in [4.78, 5) is 4.10. The predicted octanol–water partition coefficient (Wildman–Crippen LogP) is 2.05. The van der Waals surface area contributed by atoms with Crippen molar-refractivity contribution in [3.05, 3.63) is 29.6 Å². The van der Waals surface area contributed by atoms with Crippen molar-refractivity contribution in [3.8, 4) is 5.75 Å². The number of hydrogen-bond acceptors (Lipinski definition) is 6. The van der Waals surface area contributed by atoms with Crippen LogP contribution in [0.25, 0.3) is 0 Å². The molecule has 0 radical (unpaired) electrons. The van der Waals surface area contributed by atoms with Crippen LogP contribution in [0.2, 0.25) is 0 Å². The number of aromatic nitrogens is 2. The monoisotopic (exact) mass is 250 g/mol. The van der Waals surface area contributed by atoms with Gasteiger partial charge in [0.25, 0.3) is 0 Å². The maximum atomic E-state index is 5.67. The molecule has 2 rings (SSSR count). The van der Waals surface area contributed by atoms with Gasteiger partial charge in [-0.25, -0.2) is 0 Å². The number of rotatable bonds is 4. The lowest BCUT2D eigenvalue weighted by molar-refractivity contribution is 0.419. The highest BCUT2D eigenvalue weighted by Gasteiger charge is 2.11. The second-order valence-corrected chi connectivity index (χ2v) is 4.36. The van der Waals surface area contributed by atoms with Gasteiger partial charge in [-0.05, 0) is 35.6 Å². The summed E-state index contributed by atoms with van der Waals surface area (Å²) in [7, 11) is 1.58. The summed E-state index contributed by atoms with van der Waals surface area (Å²) < 4.78 is 9.22. The van der Waals surface area contributed by atoms with Crippen molar-refractivity contribution in [2.24, 2.45) is 0 Å². The second kappa shape index (κ2) is 5.01. The van der Waals surface area contributed by atoms with E-state index in [2.05, 4.69) is 21.6 Å². The third-order valence-electron chi connectivity index (χ3n) is 2.47. The summed E-state index contributed by atoms with van der Waals surface area (Å²) in [5, 5.41) is 4.09. The molecule has 0 aromatic carbocycles. The lowest BCUT2D eigenvalue weighted by Crippen LogP contribution is -2.02. The maximum absolute atomic E-state index is 5.67. The number of methoxy groups -OCH3 is 1. The molecule has 0 saturated carbocycles. The van der Waals surface area contributed by atoms with Crippen LogP contribution < -0.4 is 15.8 Å². The molecule has 0 bridgehead atoms. The van der Waals surface area contributed by atoms with E-state index >= 15 is 0 Å². The predicted molar refractivity (Wildman–Crippen MR) is 69.4 cm³/mol. The first-order chi connectivity index (χ1) is 8.22. The fraction of sp³-hybridized carbons (Fsp3) is 0.273. The van der Waals surface area contributed by atoms with Crippen LogP contribution in [0.5, 0.6) is 5.75 Å². The van der Waals surface area contributed by atoms with E-state index in [0.717, 1.165) is 10.6 Å². The third-order valence-corrected chi connectivity index (χ3v) is 3.27. The van der Waals surface area contributed by atoms with Crippen molar-refractivity contribution in [2.45, 2.75) is 13.5 Å². The van der Waals surface area contributed by atoms with Gasteiger partial charge in [-0.3, -0.25) is 4.98 Å². The Balaban J connectivity index is 2.10. The average Bonchev–Trinajstić information content (AvgIpc) is 2.69. The molecule has 2 aromatic rings. The summed E-state index contributed by atoms with van der Waals surface area (Å²) in [6.07, 6.45) is 3.63. The number of nitrogen functional groups attached to an aromatic ring is 1. The van der Waals surface area contributed by atoms with Crippen molar-refractivity contribution in [1.29, 1.82) is 0 Å². The van der Waals surface area contributed by atoms with Gasteiger partial charge in [-0.15, -0.1) is 0 Å². The highest BCUT2D eigenvalue weighted by atomic mass is 32.1. The largest absolute Gasteiger partial charge is 0.490 e. The number of aryl methyl sites for hydroxylation is 1. The smallest absolute Gasteiger partial charge is 0.197 e. The number of nitrogens with one attached hydrogen (secondary N) is 1. The summed E-state index contributed by atoms with van der Waals surface area (Å²) in [6, 6.07) is 1.98. The minimum atomic E-state index is 0.419. The molecule has 0 aliphatic heterocycles. The topological polar surface area (TPSA) is 73.1 Å². The van der Waals surface area contributed by atoms with E-state index in [0.29, 0.717) is 18.1 Å². The Morgan fingerprint density at radius 3 is 3.06 bits per heavy atom. The molecule has 0 fully saturated rings. The zero-order chi connectivity index (χ0) is 12.3. The Morgan fingerprint density at radius 1 is 1.53 bits per heavy atom. The van der Waals surface area contributed by atoms with Crippen LogP contribution in [-0.4, -0.2) is 16.5 Å². The molecule has 0 amide bonds. The fourth-order valence-corrected chi connectivity index (χ4v) is 2.14. The molecule has 0 aliphatic rings. The number of pyridine rings is 1. The number of nitrogens with two attached hydrogens (primary N) is 1. The molecule has 0 atom stereocenters. The molecule has 0 saturated heterocycles. The standard InChI is InChI=1S/C11H14N4OS/c1-7-3-4-13-5-8(7)6-14-11-9(16-2)10(12)15-17-11/h3-5,14H,6H2,1-2H3,(H2,12,15). The Morgan fingerprint density at radius 2 is 2.35 bits per heavy atom. The second-order valence-electron chi connectivity index (χ2n) is 3.59. The summed E-state index contributed by atoms with van der Waals surface area (Å²) in [5.41, 5.74) is 8.01. The number of hydrogen-bond donors (Lipinski definition) is 2. The van der Waals surface area contributed by atoms with Gasteiger partial charge in [0, 0.05) is 18.9 Å². The minimum Gasteiger partial charge on any atom is -0.490 e. The minimum absolute atomic E-state index is 0.419. The van der Waals surface area contributed by atoms with Gasteiger partial charge in [0.15, 0.2) is 16.6 Å². The molecule has 6 heteroatoms. The molecule has 2 heterocycles. The highest BCUT2D eigenvalue weighted by molar-refractivity contribution is 7.11. The first-order valence-corrected chi connectivity index (χ1v) is 5.92. The number of ether oxygens (including phenoxy) is 1. The number of nitrogens with zero attached hydrogens (tertiary/aromatic N) is 2. The number of anilines is 2. The van der Waals surface area contributed by atoms with Crippen molar-refractivity contribution in [2.75, 3.05) is 18.2 Å². The zero-order valence-corrected chi connectivity index (χ0v) is 10.5. The Kier molecular flexibility index (Phi) is 3.43. The average molecular weight is 250 g/mol. The zero-order valence-electron chi connectivity index (χ0n) is 9.73. The Labute approximate surface area is 104 Å². The van der Waals surface area contributed by atoms with Gasteiger partial charge < -0.3 is 15.8 Å². The molecule has 90 valence electrons. The van der Waals surface area contributed by atoms with Crippen LogP contribution in [-0.2, 0) is 6.54 Å². The van der Waals surface area contributed by atoms with Crippen molar-refractivity contribution in [1.82, 2.24) is 9.36 Å². The molecule has 17 heavy (non-hydrogen) atoms. The van der Waals surface area contributed by atoms with E-state index in [4.69, 9.17) is 10.5 Å². The first-order valence-electron chi connectivity index (χ1n) is 5.15. The summed E-state index contributed by atoms with van der Waals surface area (Å²) in [6.45, 7) is 2.73. The van der Waals surface area contributed by atoms with E-state index in [9.17, 15) is 0 Å². The molecule has 2 aromatic heterocycles. The Bertz CT molecular complexity index is 512. The van der Waals surface area contributed by atoms with E-state index in [1.165, 1.54) is 17.1 Å². The molecule has 0 aliphatic carbocycles. The molecule has 3 N–H and O–H groups in total. The van der Waals surface area contributed by atoms with Gasteiger partial charge in [-0.2, -0.15) is 4.37 Å². The molecular formula is C11H14N4OS. The van der Waals surface area contributed by atoms with E-state index in [-0.39, 0.29) is 0 Å². The quantitative estimate of drug-likeness (QED) is 0.868. The van der Waals surface area contributed by atoms with E-state index in [1.54, 1.807) is 13.3 Å². The van der Waals surface area contributed by atoms with Gasteiger partial charge in [0.05, 0.1) is 7.11 Å². The van der Waals surface area contributed by atoms with Crippen LogP contribution in [0, 0.1) is 6.92 Å².